The van der Waals surface area contributed by atoms with Gasteiger partial charge in [0.2, 0.25) is 5.95 Å². The maximum absolute atomic E-state index is 6.07. The molecular formula is C13H20BN3O2. The second kappa shape index (κ2) is 3.93. The monoisotopic (exact) mass is 261 g/mol. The number of nitrogens with zero attached hydrogens (tertiary/aromatic N) is 2. The highest BCUT2D eigenvalue weighted by Crippen LogP contribution is 2.41. The van der Waals surface area contributed by atoms with Crippen LogP contribution >= 0.6 is 0 Å². The van der Waals surface area contributed by atoms with Crippen molar-refractivity contribution in [2.24, 2.45) is 0 Å². The van der Waals surface area contributed by atoms with E-state index in [0.29, 0.717) is 11.9 Å². The van der Waals surface area contributed by atoms with Crippen LogP contribution < -0.4 is 11.2 Å². The Balaban J connectivity index is 1.96. The molecule has 1 aliphatic carbocycles. The summed E-state index contributed by atoms with van der Waals surface area (Å²) < 4.78 is 12.1. The lowest BCUT2D eigenvalue weighted by Crippen LogP contribution is -2.41. The number of rotatable bonds is 2. The summed E-state index contributed by atoms with van der Waals surface area (Å²) in [4.78, 5) is 8.48. The van der Waals surface area contributed by atoms with Crippen molar-refractivity contribution in [2.45, 2.75) is 57.7 Å². The van der Waals surface area contributed by atoms with Gasteiger partial charge in [0.25, 0.3) is 0 Å². The molecule has 102 valence electrons. The molecule has 19 heavy (non-hydrogen) atoms. The SMILES string of the molecule is CC1(C)OB(c2cnc(N)nc2C2CC2)OC1(C)C. The van der Waals surface area contributed by atoms with Crippen LogP contribution in [-0.4, -0.2) is 28.3 Å². The molecule has 2 fully saturated rings. The van der Waals surface area contributed by atoms with Crippen molar-refractivity contribution in [3.63, 3.8) is 0 Å². The summed E-state index contributed by atoms with van der Waals surface area (Å²) in [6.45, 7) is 8.17. The Hall–Kier alpha value is -1.14. The molecule has 0 amide bonds. The molecule has 0 spiro atoms. The fraction of sp³-hybridized carbons (Fsp3) is 0.692. The van der Waals surface area contributed by atoms with Crippen LogP contribution in [0.3, 0.4) is 0 Å². The van der Waals surface area contributed by atoms with Gasteiger partial charge in [-0.3, -0.25) is 0 Å². The second-order valence-electron chi connectivity index (χ2n) is 6.43. The molecule has 3 rings (SSSR count). The van der Waals surface area contributed by atoms with Crippen molar-refractivity contribution in [3.05, 3.63) is 11.9 Å². The fourth-order valence-electron chi connectivity index (χ4n) is 2.25. The molecule has 2 N–H and O–H groups in total. The van der Waals surface area contributed by atoms with Gasteiger partial charge in [-0.25, -0.2) is 9.97 Å². The molecule has 1 saturated carbocycles. The van der Waals surface area contributed by atoms with E-state index in [2.05, 4.69) is 9.97 Å². The molecule has 0 aromatic carbocycles. The minimum absolute atomic E-state index is 0.321. The van der Waals surface area contributed by atoms with Gasteiger partial charge < -0.3 is 15.0 Å². The predicted molar refractivity (Wildman–Crippen MR) is 74.1 cm³/mol. The van der Waals surface area contributed by atoms with Crippen molar-refractivity contribution in [3.8, 4) is 0 Å². The first-order valence-corrected chi connectivity index (χ1v) is 6.78. The molecule has 2 heterocycles. The van der Waals surface area contributed by atoms with Crippen LogP contribution in [0.15, 0.2) is 6.20 Å². The highest BCUT2D eigenvalue weighted by Gasteiger charge is 2.53. The highest BCUT2D eigenvalue weighted by molar-refractivity contribution is 6.62. The van der Waals surface area contributed by atoms with Crippen LogP contribution in [0.1, 0.15) is 52.1 Å². The summed E-state index contributed by atoms with van der Waals surface area (Å²) in [7, 11) is -0.402. The number of aromatic nitrogens is 2. The van der Waals surface area contributed by atoms with Gasteiger partial charge in [0.15, 0.2) is 0 Å². The van der Waals surface area contributed by atoms with Crippen LogP contribution in [0.25, 0.3) is 0 Å². The molecule has 1 aromatic heterocycles. The first kappa shape index (κ1) is 12.9. The Bertz CT molecular complexity index is 499. The molecule has 0 unspecified atom stereocenters. The minimum Gasteiger partial charge on any atom is -0.399 e. The molecule has 0 radical (unpaired) electrons. The smallest absolute Gasteiger partial charge is 0.399 e. The maximum Gasteiger partial charge on any atom is 0.498 e. The average Bonchev–Trinajstić information content (AvgIpc) is 3.07. The number of hydrogen-bond acceptors (Lipinski definition) is 5. The van der Waals surface area contributed by atoms with Gasteiger partial charge in [-0.15, -0.1) is 0 Å². The average molecular weight is 261 g/mol. The van der Waals surface area contributed by atoms with Gasteiger partial charge in [-0.05, 0) is 40.5 Å². The zero-order chi connectivity index (χ0) is 13.8. The van der Waals surface area contributed by atoms with Crippen molar-refractivity contribution >= 4 is 18.5 Å². The minimum atomic E-state index is -0.402. The van der Waals surface area contributed by atoms with Crippen LogP contribution in [-0.2, 0) is 9.31 Å². The maximum atomic E-state index is 6.07. The van der Waals surface area contributed by atoms with Crippen molar-refractivity contribution in [1.82, 2.24) is 9.97 Å². The van der Waals surface area contributed by atoms with E-state index in [4.69, 9.17) is 15.0 Å². The van der Waals surface area contributed by atoms with Gasteiger partial charge in [-0.2, -0.15) is 0 Å². The second-order valence-corrected chi connectivity index (χ2v) is 6.43. The van der Waals surface area contributed by atoms with Crippen LogP contribution in [0, 0.1) is 0 Å². The molecule has 2 aliphatic rings. The van der Waals surface area contributed by atoms with E-state index < -0.39 is 7.12 Å². The molecule has 6 heteroatoms. The zero-order valence-corrected chi connectivity index (χ0v) is 11.9. The lowest BCUT2D eigenvalue weighted by atomic mass is 9.78. The first-order valence-electron chi connectivity index (χ1n) is 6.78. The quantitative estimate of drug-likeness (QED) is 0.811. The molecular weight excluding hydrogens is 241 g/mol. The lowest BCUT2D eigenvalue weighted by Gasteiger charge is -2.32. The molecule has 5 nitrogen and oxygen atoms in total. The topological polar surface area (TPSA) is 70.3 Å². The van der Waals surface area contributed by atoms with E-state index in [-0.39, 0.29) is 11.2 Å². The number of anilines is 1. The van der Waals surface area contributed by atoms with Gasteiger partial charge in [0.05, 0.1) is 11.2 Å². The molecule has 0 atom stereocenters. The first-order chi connectivity index (χ1) is 8.80. The van der Waals surface area contributed by atoms with E-state index in [1.54, 1.807) is 6.20 Å². The molecule has 1 saturated heterocycles. The fourth-order valence-corrected chi connectivity index (χ4v) is 2.25. The van der Waals surface area contributed by atoms with Gasteiger partial charge in [0.1, 0.15) is 0 Å². The molecule has 0 bridgehead atoms. The van der Waals surface area contributed by atoms with Crippen LogP contribution in [0.2, 0.25) is 0 Å². The van der Waals surface area contributed by atoms with Crippen molar-refractivity contribution in [2.75, 3.05) is 5.73 Å². The Morgan fingerprint density at radius 2 is 1.79 bits per heavy atom. The normalized spacial score (nSPS) is 24.7. The van der Waals surface area contributed by atoms with Gasteiger partial charge in [-0.1, -0.05) is 0 Å². The predicted octanol–water partition coefficient (Wildman–Crippen LogP) is 1.24. The number of nitrogen functional groups attached to an aromatic ring is 1. The Kier molecular flexibility index (Phi) is 2.66. The number of nitrogens with two attached hydrogens (primary N) is 1. The Morgan fingerprint density at radius 3 is 2.32 bits per heavy atom. The van der Waals surface area contributed by atoms with E-state index in [1.165, 1.54) is 0 Å². The summed E-state index contributed by atoms with van der Waals surface area (Å²) in [6, 6.07) is 0. The van der Waals surface area contributed by atoms with E-state index in [9.17, 15) is 0 Å². The summed E-state index contributed by atoms with van der Waals surface area (Å²) in [6.07, 6.45) is 4.06. The highest BCUT2D eigenvalue weighted by atomic mass is 16.7. The van der Waals surface area contributed by atoms with Crippen LogP contribution in [0.5, 0.6) is 0 Å². The standard InChI is InChI=1S/C13H20BN3O2/c1-12(2)13(3,4)19-14(18-12)9-7-16-11(15)17-10(9)8-5-6-8/h7-8H,5-6H2,1-4H3,(H2,15,16,17). The van der Waals surface area contributed by atoms with Crippen molar-refractivity contribution in [1.29, 1.82) is 0 Å². The van der Waals surface area contributed by atoms with E-state index in [0.717, 1.165) is 24.0 Å². The summed E-state index contributed by atoms with van der Waals surface area (Å²) >= 11 is 0. The van der Waals surface area contributed by atoms with Crippen molar-refractivity contribution < 1.29 is 9.31 Å². The molecule has 1 aromatic rings. The van der Waals surface area contributed by atoms with E-state index >= 15 is 0 Å². The number of hydrogen-bond donors (Lipinski definition) is 1. The Labute approximate surface area is 114 Å². The van der Waals surface area contributed by atoms with Gasteiger partial charge in [0, 0.05) is 23.3 Å². The third kappa shape index (κ3) is 2.13. The molecule has 1 aliphatic heterocycles. The summed E-state index contributed by atoms with van der Waals surface area (Å²) in [5.74, 6) is 0.807. The van der Waals surface area contributed by atoms with Gasteiger partial charge >= 0.3 is 7.12 Å². The third-order valence-corrected chi connectivity index (χ3v) is 4.34. The lowest BCUT2D eigenvalue weighted by molar-refractivity contribution is 0.00578. The summed E-state index contributed by atoms with van der Waals surface area (Å²) in [5, 5.41) is 0. The third-order valence-electron chi connectivity index (χ3n) is 4.34. The summed E-state index contributed by atoms with van der Waals surface area (Å²) in [5.41, 5.74) is 6.92. The van der Waals surface area contributed by atoms with Crippen LogP contribution in [0.4, 0.5) is 5.95 Å². The zero-order valence-electron chi connectivity index (χ0n) is 11.9. The van der Waals surface area contributed by atoms with E-state index in [1.807, 2.05) is 27.7 Å². The Morgan fingerprint density at radius 1 is 1.21 bits per heavy atom. The largest absolute Gasteiger partial charge is 0.498 e.